The number of nitrogens with one attached hydrogen (secondary N) is 2. The van der Waals surface area contributed by atoms with Gasteiger partial charge < -0.3 is 10.6 Å². The molecule has 0 aliphatic heterocycles. The maximum absolute atomic E-state index is 12.7. The zero-order chi connectivity index (χ0) is 19.3. The number of aromatic nitrogens is 2. The fraction of sp³-hybridized carbons (Fsp3) is 0.500. The van der Waals surface area contributed by atoms with Crippen molar-refractivity contribution in [3.05, 3.63) is 24.3 Å². The van der Waals surface area contributed by atoms with Crippen LogP contribution in [0, 0.1) is 11.3 Å². The number of carbonyl (C=O) groups is 1. The van der Waals surface area contributed by atoms with Gasteiger partial charge in [0.05, 0.1) is 16.8 Å². The van der Waals surface area contributed by atoms with Crippen LogP contribution in [0.5, 0.6) is 0 Å². The van der Waals surface area contributed by atoms with E-state index >= 15 is 0 Å². The molecule has 1 heterocycles. The van der Waals surface area contributed by atoms with Gasteiger partial charge in [-0.15, -0.1) is 0 Å². The highest BCUT2D eigenvalue weighted by Gasteiger charge is 2.35. The highest BCUT2D eigenvalue weighted by atomic mass is 32.2. The zero-order valence-electron chi connectivity index (χ0n) is 15.8. The molecule has 1 amide bonds. The van der Waals surface area contributed by atoms with Gasteiger partial charge in [-0.1, -0.05) is 43.2 Å². The largest absolute Gasteiger partial charge is 0.370 e. The van der Waals surface area contributed by atoms with E-state index in [1.54, 1.807) is 0 Å². The predicted octanol–water partition coefficient (Wildman–Crippen LogP) is 3.88. The Balaban J connectivity index is 1.76. The van der Waals surface area contributed by atoms with E-state index in [0.29, 0.717) is 5.16 Å². The molecule has 0 saturated heterocycles. The standard InChI is InChI=1S/C20H25N5OS/c1-3-22-17-15-9-5-6-10-16(15)23-19(24-17)27-14(2)18(26)25-20(13-21)11-7-4-8-12-20/h5-6,9-10,14H,3-4,7-8,11-12H2,1-2H3,(H,25,26)(H,22,23,24). The van der Waals surface area contributed by atoms with Crippen molar-refractivity contribution >= 4 is 34.4 Å². The Morgan fingerprint density at radius 1 is 1.30 bits per heavy atom. The molecule has 1 saturated carbocycles. The van der Waals surface area contributed by atoms with Crippen molar-refractivity contribution in [2.24, 2.45) is 0 Å². The summed E-state index contributed by atoms with van der Waals surface area (Å²) in [5.74, 6) is 0.643. The van der Waals surface area contributed by atoms with Gasteiger partial charge in [0.2, 0.25) is 5.91 Å². The molecule has 1 aromatic heterocycles. The highest BCUT2D eigenvalue weighted by molar-refractivity contribution is 8.00. The van der Waals surface area contributed by atoms with Crippen LogP contribution in [0.25, 0.3) is 10.9 Å². The minimum Gasteiger partial charge on any atom is -0.370 e. The first-order valence-corrected chi connectivity index (χ1v) is 10.4. The van der Waals surface area contributed by atoms with Crippen LogP contribution >= 0.6 is 11.8 Å². The topological polar surface area (TPSA) is 90.7 Å². The van der Waals surface area contributed by atoms with Crippen LogP contribution < -0.4 is 10.6 Å². The van der Waals surface area contributed by atoms with Gasteiger partial charge in [0, 0.05) is 11.9 Å². The number of hydrogen-bond donors (Lipinski definition) is 2. The average molecular weight is 384 g/mol. The maximum atomic E-state index is 12.7. The van der Waals surface area contributed by atoms with E-state index in [0.717, 1.165) is 55.4 Å². The number of thioether (sulfide) groups is 1. The molecule has 3 rings (SSSR count). The minimum atomic E-state index is -0.719. The summed E-state index contributed by atoms with van der Waals surface area (Å²) in [6.45, 7) is 4.61. The maximum Gasteiger partial charge on any atom is 0.234 e. The highest BCUT2D eigenvalue weighted by Crippen LogP contribution is 2.30. The van der Waals surface area contributed by atoms with Crippen molar-refractivity contribution in [1.82, 2.24) is 15.3 Å². The average Bonchev–Trinajstić information content (AvgIpc) is 2.69. The van der Waals surface area contributed by atoms with E-state index < -0.39 is 5.54 Å². The Morgan fingerprint density at radius 3 is 2.74 bits per heavy atom. The van der Waals surface area contributed by atoms with Crippen LogP contribution in [0.3, 0.4) is 0 Å². The van der Waals surface area contributed by atoms with Gasteiger partial charge in [0.15, 0.2) is 5.16 Å². The van der Waals surface area contributed by atoms with Gasteiger partial charge in [-0.25, -0.2) is 9.97 Å². The number of hydrogen-bond acceptors (Lipinski definition) is 6. The third-order valence-corrected chi connectivity index (χ3v) is 5.82. The predicted molar refractivity (Wildman–Crippen MR) is 109 cm³/mol. The first-order valence-electron chi connectivity index (χ1n) is 9.47. The Morgan fingerprint density at radius 2 is 2.04 bits per heavy atom. The fourth-order valence-corrected chi connectivity index (χ4v) is 4.16. The monoisotopic (exact) mass is 383 g/mol. The van der Waals surface area contributed by atoms with E-state index in [9.17, 15) is 10.1 Å². The van der Waals surface area contributed by atoms with Crippen LogP contribution in [-0.2, 0) is 4.79 Å². The molecule has 0 radical (unpaired) electrons. The quantitative estimate of drug-likeness (QED) is 0.581. The molecule has 2 aromatic rings. The van der Waals surface area contributed by atoms with Gasteiger partial charge in [-0.2, -0.15) is 5.26 Å². The summed E-state index contributed by atoms with van der Waals surface area (Å²) < 4.78 is 0. The fourth-order valence-electron chi connectivity index (χ4n) is 3.38. The number of nitrogens with zero attached hydrogens (tertiary/aromatic N) is 3. The minimum absolute atomic E-state index is 0.134. The summed E-state index contributed by atoms with van der Waals surface area (Å²) in [4.78, 5) is 21.9. The summed E-state index contributed by atoms with van der Waals surface area (Å²) in [6.07, 6.45) is 4.54. The number of carbonyl (C=O) groups excluding carboxylic acids is 1. The SMILES string of the molecule is CCNc1nc(SC(C)C(=O)NC2(C#N)CCCCC2)nc2ccccc12. The molecule has 0 spiro atoms. The summed E-state index contributed by atoms with van der Waals surface area (Å²) >= 11 is 1.32. The molecule has 1 unspecified atom stereocenters. The van der Waals surface area contributed by atoms with E-state index in [-0.39, 0.29) is 11.2 Å². The Hall–Kier alpha value is -2.33. The van der Waals surface area contributed by atoms with Crippen LogP contribution in [-0.4, -0.2) is 33.2 Å². The van der Waals surface area contributed by atoms with E-state index in [1.165, 1.54) is 11.8 Å². The Labute approximate surface area is 164 Å². The molecule has 27 heavy (non-hydrogen) atoms. The van der Waals surface area contributed by atoms with Crippen molar-refractivity contribution in [2.45, 2.75) is 61.9 Å². The van der Waals surface area contributed by atoms with Gasteiger partial charge in [-0.3, -0.25) is 4.79 Å². The van der Waals surface area contributed by atoms with Gasteiger partial charge in [0.25, 0.3) is 0 Å². The van der Waals surface area contributed by atoms with Crippen LogP contribution in [0.2, 0.25) is 0 Å². The molecule has 1 aliphatic carbocycles. The summed E-state index contributed by atoms with van der Waals surface area (Å²) in [7, 11) is 0. The smallest absolute Gasteiger partial charge is 0.234 e. The summed E-state index contributed by atoms with van der Waals surface area (Å²) in [5, 5.41) is 17.0. The van der Waals surface area contributed by atoms with Gasteiger partial charge in [0.1, 0.15) is 11.4 Å². The molecule has 6 nitrogen and oxygen atoms in total. The lowest BCUT2D eigenvalue weighted by molar-refractivity contribution is -0.121. The second-order valence-electron chi connectivity index (χ2n) is 6.91. The molecular weight excluding hydrogens is 358 g/mol. The molecular formula is C20H25N5OS. The van der Waals surface area contributed by atoms with Crippen molar-refractivity contribution in [1.29, 1.82) is 5.26 Å². The van der Waals surface area contributed by atoms with E-state index in [2.05, 4.69) is 26.7 Å². The summed E-state index contributed by atoms with van der Waals surface area (Å²) in [6, 6.07) is 10.2. The second kappa shape index (κ2) is 8.57. The van der Waals surface area contributed by atoms with Crippen LogP contribution in [0.1, 0.15) is 46.0 Å². The lowest BCUT2D eigenvalue weighted by atomic mass is 9.83. The third kappa shape index (κ3) is 4.51. The molecule has 1 aliphatic rings. The Bertz CT molecular complexity index is 857. The number of amides is 1. The molecule has 1 atom stereocenters. The number of rotatable bonds is 6. The number of para-hydroxylation sites is 1. The second-order valence-corrected chi connectivity index (χ2v) is 8.21. The molecule has 2 N–H and O–H groups in total. The van der Waals surface area contributed by atoms with Crippen molar-refractivity contribution < 1.29 is 4.79 Å². The molecule has 1 aromatic carbocycles. The number of benzene rings is 1. The van der Waals surface area contributed by atoms with Crippen LogP contribution in [0.15, 0.2) is 29.4 Å². The van der Waals surface area contributed by atoms with Crippen LogP contribution in [0.4, 0.5) is 5.82 Å². The molecule has 0 bridgehead atoms. The van der Waals surface area contributed by atoms with E-state index in [4.69, 9.17) is 0 Å². The summed E-state index contributed by atoms with van der Waals surface area (Å²) in [5.41, 5.74) is 0.128. The Kier molecular flexibility index (Phi) is 6.17. The van der Waals surface area contributed by atoms with Gasteiger partial charge in [-0.05, 0) is 38.8 Å². The van der Waals surface area contributed by atoms with E-state index in [1.807, 2.05) is 38.1 Å². The first-order chi connectivity index (χ1) is 13.1. The third-order valence-electron chi connectivity index (χ3n) is 4.86. The van der Waals surface area contributed by atoms with Crippen molar-refractivity contribution in [2.75, 3.05) is 11.9 Å². The van der Waals surface area contributed by atoms with Crippen molar-refractivity contribution in [3.8, 4) is 6.07 Å². The molecule has 7 heteroatoms. The lowest BCUT2D eigenvalue weighted by Gasteiger charge is -2.32. The molecule has 142 valence electrons. The number of fused-ring (bicyclic) bond motifs is 1. The zero-order valence-corrected chi connectivity index (χ0v) is 16.6. The first kappa shape index (κ1) is 19.4. The number of anilines is 1. The number of nitriles is 1. The lowest BCUT2D eigenvalue weighted by Crippen LogP contribution is -2.50. The normalized spacial score (nSPS) is 17.1. The van der Waals surface area contributed by atoms with Gasteiger partial charge >= 0.3 is 0 Å². The van der Waals surface area contributed by atoms with Crippen molar-refractivity contribution in [3.63, 3.8) is 0 Å². The molecule has 1 fully saturated rings.